The lowest BCUT2D eigenvalue weighted by atomic mass is 10.1. The van der Waals surface area contributed by atoms with Gasteiger partial charge in [-0.2, -0.15) is 8.42 Å². The largest absolute Gasteiger partial charge is 0.317 e. The molecule has 0 unspecified atom stereocenters. The average Bonchev–Trinajstić information content (AvgIpc) is 2.03. The predicted molar refractivity (Wildman–Crippen MR) is 61.2 cm³/mol. The summed E-state index contributed by atoms with van der Waals surface area (Å²) in [7, 11) is 4.81. The molecule has 0 fully saturated rings. The molecule has 0 atom stereocenters. The van der Waals surface area contributed by atoms with Gasteiger partial charge < -0.3 is 0 Å². The van der Waals surface area contributed by atoms with E-state index < -0.39 is 8.26 Å². The van der Waals surface area contributed by atoms with Crippen LogP contribution in [0.25, 0.3) is 0 Å². The quantitative estimate of drug-likeness (QED) is 0.722. The minimum absolute atomic E-state index is 1.14. The van der Waals surface area contributed by atoms with Crippen molar-refractivity contribution in [1.82, 2.24) is 0 Å². The van der Waals surface area contributed by atoms with Crippen LogP contribution in [-0.4, -0.2) is 8.42 Å². The molecule has 80 valence electrons. The van der Waals surface area contributed by atoms with Crippen molar-refractivity contribution >= 4 is 29.6 Å². The van der Waals surface area contributed by atoms with Crippen molar-refractivity contribution in [3.05, 3.63) is 35.4 Å². The average molecular weight is 255 g/mol. The molecule has 0 aliphatic carbocycles. The molecule has 0 aliphatic rings. The van der Waals surface area contributed by atoms with E-state index in [1.54, 1.807) is 0 Å². The third-order valence-corrected chi connectivity index (χ3v) is 1.53. The van der Waals surface area contributed by atoms with Gasteiger partial charge in [0, 0.05) is 21.4 Å². The van der Waals surface area contributed by atoms with Crippen molar-refractivity contribution < 1.29 is 8.42 Å². The van der Waals surface area contributed by atoms with Crippen molar-refractivity contribution in [3.8, 4) is 0 Å². The van der Waals surface area contributed by atoms with E-state index in [0.717, 1.165) is 6.42 Å². The van der Waals surface area contributed by atoms with Gasteiger partial charge in [-0.05, 0) is 18.9 Å². The van der Waals surface area contributed by atoms with E-state index in [1.165, 1.54) is 11.1 Å². The smallest absolute Gasteiger partial charge is 0.195 e. The van der Waals surface area contributed by atoms with Crippen molar-refractivity contribution in [2.24, 2.45) is 0 Å². The van der Waals surface area contributed by atoms with Crippen molar-refractivity contribution in [2.45, 2.75) is 20.3 Å². The standard InChI is InChI=1S/C9H12.Cl2O2S/c1-3-9-6-4-8(2)5-7-9;1-5(2,3)4/h4-7H,3H2,1-2H3;. The van der Waals surface area contributed by atoms with Crippen LogP contribution < -0.4 is 0 Å². The summed E-state index contributed by atoms with van der Waals surface area (Å²) in [6.07, 6.45) is 1.14. The molecule has 0 heterocycles. The molecule has 0 radical (unpaired) electrons. The molecule has 0 saturated carbocycles. The third kappa shape index (κ3) is 9.84. The number of halogens is 2. The van der Waals surface area contributed by atoms with Crippen LogP contribution >= 0.6 is 21.4 Å². The summed E-state index contributed by atoms with van der Waals surface area (Å²) in [5.41, 5.74) is 2.76. The van der Waals surface area contributed by atoms with Crippen LogP contribution in [0.4, 0.5) is 0 Å². The van der Waals surface area contributed by atoms with Gasteiger partial charge in [-0.1, -0.05) is 36.8 Å². The lowest BCUT2D eigenvalue weighted by molar-refractivity contribution is 0.621. The van der Waals surface area contributed by atoms with Gasteiger partial charge in [-0.15, -0.1) is 0 Å². The van der Waals surface area contributed by atoms with Gasteiger partial charge in [0.25, 0.3) is 0 Å². The summed E-state index contributed by atoms with van der Waals surface area (Å²) in [6.45, 7) is 4.28. The summed E-state index contributed by atoms with van der Waals surface area (Å²) in [5.74, 6) is 0. The van der Waals surface area contributed by atoms with Gasteiger partial charge >= 0.3 is 8.26 Å². The molecule has 1 aromatic rings. The summed E-state index contributed by atoms with van der Waals surface area (Å²) in [5, 5.41) is 0. The summed E-state index contributed by atoms with van der Waals surface area (Å²) in [4.78, 5) is 0. The molecule has 0 N–H and O–H groups in total. The van der Waals surface area contributed by atoms with E-state index >= 15 is 0 Å². The van der Waals surface area contributed by atoms with E-state index in [1.807, 2.05) is 0 Å². The Morgan fingerprint density at radius 1 is 1.14 bits per heavy atom. The summed E-state index contributed by atoms with van der Waals surface area (Å²) >= 11 is 0. The van der Waals surface area contributed by atoms with Crippen molar-refractivity contribution in [2.75, 3.05) is 0 Å². The first kappa shape index (κ1) is 13.8. The monoisotopic (exact) mass is 254 g/mol. The second-order valence-corrected chi connectivity index (χ2v) is 6.39. The number of rotatable bonds is 1. The van der Waals surface area contributed by atoms with Crippen LogP contribution in [0.3, 0.4) is 0 Å². The molecule has 2 nitrogen and oxygen atoms in total. The molecular weight excluding hydrogens is 243 g/mol. The van der Waals surface area contributed by atoms with Crippen molar-refractivity contribution in [1.29, 1.82) is 0 Å². The Morgan fingerprint density at radius 3 is 1.79 bits per heavy atom. The minimum Gasteiger partial charge on any atom is -0.195 e. The lowest BCUT2D eigenvalue weighted by Gasteiger charge is -1.94. The number of aryl methyl sites for hydroxylation is 2. The Labute approximate surface area is 93.8 Å². The highest BCUT2D eigenvalue weighted by molar-refractivity contribution is 8.31. The Kier molecular flexibility index (Phi) is 6.16. The minimum atomic E-state index is -3.72. The molecule has 1 rings (SSSR count). The molecule has 5 heteroatoms. The fourth-order valence-corrected chi connectivity index (χ4v) is 0.824. The zero-order valence-corrected chi connectivity index (χ0v) is 10.3. The summed E-state index contributed by atoms with van der Waals surface area (Å²) in [6, 6.07) is 8.66. The number of hydrogen-bond donors (Lipinski definition) is 0. The van der Waals surface area contributed by atoms with Crippen LogP contribution in [0.15, 0.2) is 24.3 Å². The molecule has 1 aromatic carbocycles. The second kappa shape index (κ2) is 6.27. The third-order valence-electron chi connectivity index (χ3n) is 1.53. The SMILES string of the molecule is CCc1ccc(C)cc1.O=S(=O)(Cl)Cl. The van der Waals surface area contributed by atoms with E-state index in [4.69, 9.17) is 8.42 Å². The highest BCUT2D eigenvalue weighted by atomic mass is 36.0. The molecule has 0 aromatic heterocycles. The molecule has 0 aliphatic heterocycles. The van der Waals surface area contributed by atoms with E-state index in [0.29, 0.717) is 0 Å². The number of hydrogen-bond acceptors (Lipinski definition) is 2. The predicted octanol–water partition coefficient (Wildman–Crippen LogP) is 3.27. The topological polar surface area (TPSA) is 34.1 Å². The normalized spacial score (nSPS) is 10.3. The molecular formula is C9H12Cl2O2S. The maximum absolute atomic E-state index is 9.16. The Morgan fingerprint density at radius 2 is 1.50 bits per heavy atom. The lowest BCUT2D eigenvalue weighted by Crippen LogP contribution is -1.77. The summed E-state index contributed by atoms with van der Waals surface area (Å²) < 4.78 is 18.3. The van der Waals surface area contributed by atoms with E-state index in [-0.39, 0.29) is 0 Å². The molecule has 14 heavy (non-hydrogen) atoms. The first-order valence-corrected chi connectivity index (χ1v) is 7.16. The van der Waals surface area contributed by atoms with Crippen LogP contribution in [0, 0.1) is 6.92 Å². The maximum atomic E-state index is 9.16. The Bertz CT molecular complexity index is 349. The van der Waals surface area contributed by atoms with Crippen LogP contribution in [0.1, 0.15) is 18.1 Å². The highest BCUT2D eigenvalue weighted by Gasteiger charge is 1.88. The molecule has 0 bridgehead atoms. The van der Waals surface area contributed by atoms with Gasteiger partial charge in [-0.3, -0.25) is 0 Å². The van der Waals surface area contributed by atoms with Gasteiger partial charge in [0.1, 0.15) is 0 Å². The first-order valence-electron chi connectivity index (χ1n) is 4.02. The Hall–Kier alpha value is -0.250. The fourth-order valence-electron chi connectivity index (χ4n) is 0.824. The number of benzene rings is 1. The highest BCUT2D eigenvalue weighted by Crippen LogP contribution is 2.02. The first-order chi connectivity index (χ1) is 6.33. The van der Waals surface area contributed by atoms with E-state index in [2.05, 4.69) is 59.5 Å². The zero-order chi connectivity index (χ0) is 11.2. The van der Waals surface area contributed by atoms with Gasteiger partial charge in [0.2, 0.25) is 0 Å². The van der Waals surface area contributed by atoms with Gasteiger partial charge in [0.05, 0.1) is 0 Å². The fraction of sp³-hybridized carbons (Fsp3) is 0.333. The molecule has 0 spiro atoms. The van der Waals surface area contributed by atoms with Gasteiger partial charge in [0.15, 0.2) is 0 Å². The van der Waals surface area contributed by atoms with Crippen LogP contribution in [-0.2, 0) is 14.7 Å². The van der Waals surface area contributed by atoms with Crippen LogP contribution in [0.2, 0.25) is 0 Å². The van der Waals surface area contributed by atoms with Crippen LogP contribution in [0.5, 0.6) is 0 Å². The molecule has 0 amide bonds. The van der Waals surface area contributed by atoms with Gasteiger partial charge in [-0.25, -0.2) is 0 Å². The van der Waals surface area contributed by atoms with E-state index in [9.17, 15) is 0 Å². The molecule has 0 saturated heterocycles. The zero-order valence-electron chi connectivity index (χ0n) is 8.00. The maximum Gasteiger partial charge on any atom is 0.317 e. The second-order valence-electron chi connectivity index (χ2n) is 2.72. The Balaban J connectivity index is 0.000000292. The van der Waals surface area contributed by atoms with Crippen molar-refractivity contribution in [3.63, 3.8) is 0 Å².